The molecule has 0 aliphatic carbocycles. The van der Waals surface area contributed by atoms with Gasteiger partial charge in [0.2, 0.25) is 5.95 Å². The Balaban J connectivity index is 3.21. The number of carbonyl (C=O) groups excluding carboxylic acids is 1. The fourth-order valence-electron chi connectivity index (χ4n) is 0.698. The van der Waals surface area contributed by atoms with Crippen molar-refractivity contribution < 1.29 is 18.3 Å². The van der Waals surface area contributed by atoms with Crippen molar-refractivity contribution in [3.8, 4) is 0 Å². The van der Waals surface area contributed by atoms with E-state index in [2.05, 4.69) is 9.72 Å². The monoisotopic (exact) mass is 173 g/mol. The van der Waals surface area contributed by atoms with E-state index in [0.29, 0.717) is 0 Å². The number of nitrogens with zero attached hydrogens (tertiary/aromatic N) is 1. The Morgan fingerprint density at radius 2 is 2.25 bits per heavy atom. The minimum absolute atomic E-state index is 0.764. The van der Waals surface area contributed by atoms with E-state index >= 15 is 0 Å². The van der Waals surface area contributed by atoms with Crippen LogP contribution in [-0.4, -0.2) is 18.1 Å². The molecular formula is C7H5F2NO2. The second-order valence-corrected chi connectivity index (χ2v) is 1.95. The summed E-state index contributed by atoms with van der Waals surface area (Å²) in [6.07, 6.45) is 0.928. The van der Waals surface area contributed by atoms with Crippen LogP contribution in [0.25, 0.3) is 0 Å². The molecule has 64 valence electrons. The first-order valence-corrected chi connectivity index (χ1v) is 3.05. The van der Waals surface area contributed by atoms with Crippen molar-refractivity contribution in [3.63, 3.8) is 0 Å². The number of rotatable bonds is 1. The zero-order valence-electron chi connectivity index (χ0n) is 6.17. The van der Waals surface area contributed by atoms with Gasteiger partial charge in [-0.15, -0.1) is 0 Å². The van der Waals surface area contributed by atoms with E-state index in [-0.39, 0.29) is 0 Å². The molecule has 0 fully saturated rings. The first-order valence-electron chi connectivity index (χ1n) is 3.05. The normalized spacial score (nSPS) is 9.58. The maximum absolute atomic E-state index is 12.7. The molecule has 0 bridgehead atoms. The molecule has 0 aromatic carbocycles. The molecule has 0 aliphatic heterocycles. The van der Waals surface area contributed by atoms with Gasteiger partial charge in [0.05, 0.1) is 7.11 Å². The van der Waals surface area contributed by atoms with Gasteiger partial charge in [0, 0.05) is 6.20 Å². The highest BCUT2D eigenvalue weighted by Gasteiger charge is 2.18. The smallest absolute Gasteiger partial charge is 0.345 e. The van der Waals surface area contributed by atoms with Crippen molar-refractivity contribution in [2.45, 2.75) is 0 Å². The molecule has 0 radical (unpaired) electrons. The predicted octanol–water partition coefficient (Wildman–Crippen LogP) is 1.15. The lowest BCUT2D eigenvalue weighted by atomic mass is 10.3. The Bertz CT molecular complexity index is 294. The standard InChI is InChI=1S/C7H5F2NO2/c1-12-7(11)5-4(8)2-3-10-6(5)9/h2-3H,1H3. The molecule has 1 heterocycles. The first-order chi connectivity index (χ1) is 5.66. The number of pyridine rings is 1. The molecule has 0 saturated heterocycles. The second kappa shape index (κ2) is 3.25. The highest BCUT2D eigenvalue weighted by atomic mass is 19.1. The Kier molecular flexibility index (Phi) is 2.32. The van der Waals surface area contributed by atoms with E-state index in [9.17, 15) is 13.6 Å². The number of esters is 1. The van der Waals surface area contributed by atoms with Gasteiger partial charge >= 0.3 is 5.97 Å². The summed E-state index contributed by atoms with van der Waals surface area (Å²) in [5, 5.41) is 0. The molecule has 0 atom stereocenters. The van der Waals surface area contributed by atoms with Crippen molar-refractivity contribution >= 4 is 5.97 Å². The molecule has 5 heteroatoms. The molecule has 1 aromatic rings. The summed E-state index contributed by atoms with van der Waals surface area (Å²) < 4.78 is 29.5. The third kappa shape index (κ3) is 1.39. The molecule has 0 unspecified atom stereocenters. The molecule has 1 rings (SSSR count). The lowest BCUT2D eigenvalue weighted by molar-refractivity contribution is 0.0588. The molecule has 3 nitrogen and oxygen atoms in total. The van der Waals surface area contributed by atoms with Gasteiger partial charge in [-0.1, -0.05) is 0 Å². The summed E-state index contributed by atoms with van der Waals surface area (Å²) in [6.45, 7) is 0. The van der Waals surface area contributed by atoms with E-state index in [1.54, 1.807) is 0 Å². The van der Waals surface area contributed by atoms with E-state index in [1.165, 1.54) is 0 Å². The van der Waals surface area contributed by atoms with Gasteiger partial charge in [-0.2, -0.15) is 4.39 Å². The van der Waals surface area contributed by atoms with Crippen molar-refractivity contribution in [3.05, 3.63) is 29.6 Å². The topological polar surface area (TPSA) is 39.2 Å². The van der Waals surface area contributed by atoms with Crippen LogP contribution in [0.15, 0.2) is 12.3 Å². The molecule has 0 saturated carbocycles. The Morgan fingerprint density at radius 3 is 2.75 bits per heavy atom. The average molecular weight is 173 g/mol. The predicted molar refractivity (Wildman–Crippen MR) is 35.5 cm³/mol. The quantitative estimate of drug-likeness (QED) is 0.472. The van der Waals surface area contributed by atoms with Gasteiger partial charge in [0.1, 0.15) is 5.82 Å². The van der Waals surface area contributed by atoms with Crippen molar-refractivity contribution in [1.82, 2.24) is 4.98 Å². The van der Waals surface area contributed by atoms with Crippen LogP contribution in [0.3, 0.4) is 0 Å². The van der Waals surface area contributed by atoms with E-state index < -0.39 is 23.3 Å². The fourth-order valence-corrected chi connectivity index (χ4v) is 0.698. The SMILES string of the molecule is COC(=O)c1c(F)ccnc1F. The van der Waals surface area contributed by atoms with Gasteiger partial charge in [-0.05, 0) is 6.07 Å². The molecule has 0 amide bonds. The fraction of sp³-hybridized carbons (Fsp3) is 0.143. The number of hydrogen-bond donors (Lipinski definition) is 0. The van der Waals surface area contributed by atoms with E-state index in [4.69, 9.17) is 0 Å². The van der Waals surface area contributed by atoms with Crippen molar-refractivity contribution in [2.24, 2.45) is 0 Å². The summed E-state index contributed by atoms with van der Waals surface area (Å²) in [6, 6.07) is 0.884. The molecule has 0 spiro atoms. The van der Waals surface area contributed by atoms with E-state index in [0.717, 1.165) is 19.4 Å². The van der Waals surface area contributed by atoms with Crippen molar-refractivity contribution in [1.29, 1.82) is 0 Å². The van der Waals surface area contributed by atoms with Gasteiger partial charge < -0.3 is 4.74 Å². The van der Waals surface area contributed by atoms with Crippen LogP contribution in [0.2, 0.25) is 0 Å². The maximum Gasteiger partial charge on any atom is 0.345 e. The van der Waals surface area contributed by atoms with E-state index in [1.807, 2.05) is 0 Å². The highest BCUT2D eigenvalue weighted by Crippen LogP contribution is 2.09. The third-order valence-electron chi connectivity index (χ3n) is 1.24. The minimum Gasteiger partial charge on any atom is -0.465 e. The van der Waals surface area contributed by atoms with Crippen LogP contribution in [0.5, 0.6) is 0 Å². The molecule has 0 N–H and O–H groups in total. The van der Waals surface area contributed by atoms with Crippen molar-refractivity contribution in [2.75, 3.05) is 7.11 Å². The number of halogens is 2. The first kappa shape index (κ1) is 8.58. The molecule has 1 aromatic heterocycles. The molecule has 12 heavy (non-hydrogen) atoms. The van der Waals surface area contributed by atoms with Gasteiger partial charge in [0.25, 0.3) is 0 Å². The number of carbonyl (C=O) groups is 1. The van der Waals surface area contributed by atoms with Gasteiger partial charge in [-0.25, -0.2) is 14.2 Å². The van der Waals surface area contributed by atoms with Gasteiger partial charge in [0.15, 0.2) is 5.56 Å². The zero-order valence-corrected chi connectivity index (χ0v) is 6.17. The third-order valence-corrected chi connectivity index (χ3v) is 1.24. The number of ether oxygens (including phenoxy) is 1. The zero-order chi connectivity index (χ0) is 9.14. The Morgan fingerprint density at radius 1 is 1.58 bits per heavy atom. The maximum atomic E-state index is 12.7. The highest BCUT2D eigenvalue weighted by molar-refractivity contribution is 5.89. The Hall–Kier alpha value is -1.52. The van der Waals surface area contributed by atoms with Crippen LogP contribution in [0.1, 0.15) is 10.4 Å². The Labute approximate surface area is 67.0 Å². The lowest BCUT2D eigenvalue weighted by Crippen LogP contribution is -2.08. The summed E-state index contributed by atoms with van der Waals surface area (Å²) in [5.41, 5.74) is -0.764. The second-order valence-electron chi connectivity index (χ2n) is 1.95. The van der Waals surface area contributed by atoms with Crippen LogP contribution < -0.4 is 0 Å². The van der Waals surface area contributed by atoms with Crippen LogP contribution in [-0.2, 0) is 4.74 Å². The average Bonchev–Trinajstić information content (AvgIpc) is 2.03. The number of hydrogen-bond acceptors (Lipinski definition) is 3. The van der Waals surface area contributed by atoms with Gasteiger partial charge in [-0.3, -0.25) is 0 Å². The summed E-state index contributed by atoms with van der Waals surface area (Å²) in [7, 11) is 1.04. The largest absolute Gasteiger partial charge is 0.465 e. The summed E-state index contributed by atoms with van der Waals surface area (Å²) >= 11 is 0. The summed E-state index contributed by atoms with van der Waals surface area (Å²) in [5.74, 6) is -3.21. The number of aromatic nitrogens is 1. The minimum atomic E-state index is -1.16. The van der Waals surface area contributed by atoms with Crippen LogP contribution in [0.4, 0.5) is 8.78 Å². The van der Waals surface area contributed by atoms with Crippen LogP contribution >= 0.6 is 0 Å². The summed E-state index contributed by atoms with van der Waals surface area (Å²) in [4.78, 5) is 13.8. The molecule has 0 aliphatic rings. The van der Waals surface area contributed by atoms with Crippen LogP contribution in [0, 0.1) is 11.8 Å². The number of methoxy groups -OCH3 is 1. The molecular weight excluding hydrogens is 168 g/mol. The lowest BCUT2D eigenvalue weighted by Gasteiger charge is -1.99.